The van der Waals surface area contributed by atoms with Gasteiger partial charge in [-0.2, -0.15) is 0 Å². The molecule has 3 aromatic carbocycles. The van der Waals surface area contributed by atoms with E-state index < -0.39 is 23.2 Å². The van der Waals surface area contributed by atoms with Crippen molar-refractivity contribution in [2.45, 2.75) is 44.2 Å². The molecule has 0 saturated carbocycles. The Hall–Kier alpha value is -3.40. The number of benzene rings is 3. The highest BCUT2D eigenvalue weighted by molar-refractivity contribution is 5.74. The summed E-state index contributed by atoms with van der Waals surface area (Å²) in [7, 11) is 0. The second-order valence-corrected chi connectivity index (χ2v) is 8.60. The maximum Gasteiger partial charge on any atom is 0.408 e. The van der Waals surface area contributed by atoms with Crippen molar-refractivity contribution in [2.24, 2.45) is 0 Å². The quantitative estimate of drug-likeness (QED) is 0.409. The minimum absolute atomic E-state index is 0.355. The number of hydrogen-bond acceptors (Lipinski definition) is 3. The number of rotatable bonds is 7. The first-order valence-corrected chi connectivity index (χ1v) is 10.5. The van der Waals surface area contributed by atoms with Crippen LogP contribution >= 0.6 is 0 Å². The minimum atomic E-state index is -0.740. The number of carbonyl (C=O) groups is 2. The Labute approximate surface area is 184 Å². The fourth-order valence-electron chi connectivity index (χ4n) is 3.94. The van der Waals surface area contributed by atoms with E-state index in [0.717, 1.165) is 23.0 Å². The van der Waals surface area contributed by atoms with E-state index in [0.29, 0.717) is 6.42 Å². The summed E-state index contributed by atoms with van der Waals surface area (Å²) < 4.78 is 5.39. The highest BCUT2D eigenvalue weighted by Crippen LogP contribution is 2.42. The standard InChI is InChI=1S/C27H29NO3/c1-26(2,3)31-25(30)28-24(20-29)19-27(21-13-7-4-8-14-21,22-15-9-5-10-16-22)23-17-11-6-12-18-23/h4-18,20,24H,19H2,1-3H3,(H,28,30)/t24-/m1/s1. The lowest BCUT2D eigenvalue weighted by molar-refractivity contribution is -0.110. The maximum absolute atomic E-state index is 12.4. The van der Waals surface area contributed by atoms with Crippen LogP contribution < -0.4 is 5.32 Å². The molecule has 4 nitrogen and oxygen atoms in total. The molecule has 3 rings (SSSR count). The lowest BCUT2D eigenvalue weighted by atomic mass is 9.66. The largest absolute Gasteiger partial charge is 0.444 e. The first-order chi connectivity index (χ1) is 14.8. The number of amides is 1. The Morgan fingerprint density at radius 1 is 0.806 bits per heavy atom. The molecule has 0 saturated heterocycles. The molecule has 0 unspecified atom stereocenters. The van der Waals surface area contributed by atoms with E-state index in [1.807, 2.05) is 54.6 Å². The van der Waals surface area contributed by atoms with E-state index in [-0.39, 0.29) is 0 Å². The molecule has 0 heterocycles. The summed E-state index contributed by atoms with van der Waals surface area (Å²) in [4.78, 5) is 24.5. The average molecular weight is 416 g/mol. The van der Waals surface area contributed by atoms with Crippen LogP contribution in [0.4, 0.5) is 4.79 Å². The van der Waals surface area contributed by atoms with Gasteiger partial charge in [-0.1, -0.05) is 91.0 Å². The second kappa shape index (κ2) is 9.61. The van der Waals surface area contributed by atoms with E-state index in [1.54, 1.807) is 20.8 Å². The molecule has 160 valence electrons. The third kappa shape index (κ3) is 5.40. The van der Waals surface area contributed by atoms with Gasteiger partial charge >= 0.3 is 6.09 Å². The fourth-order valence-corrected chi connectivity index (χ4v) is 3.94. The van der Waals surface area contributed by atoms with Gasteiger partial charge < -0.3 is 14.8 Å². The Kier molecular flexibility index (Phi) is 6.91. The van der Waals surface area contributed by atoms with Crippen LogP contribution in [-0.2, 0) is 14.9 Å². The highest BCUT2D eigenvalue weighted by atomic mass is 16.6. The molecule has 1 N–H and O–H groups in total. The van der Waals surface area contributed by atoms with Crippen LogP contribution in [0.3, 0.4) is 0 Å². The monoisotopic (exact) mass is 415 g/mol. The summed E-state index contributed by atoms with van der Waals surface area (Å²) in [5.41, 5.74) is 1.86. The number of hydrogen-bond donors (Lipinski definition) is 1. The van der Waals surface area contributed by atoms with Crippen LogP contribution in [0.5, 0.6) is 0 Å². The van der Waals surface area contributed by atoms with Gasteiger partial charge in [0.05, 0.1) is 6.04 Å². The molecule has 0 aliphatic rings. The van der Waals surface area contributed by atoms with Crippen LogP contribution in [0.1, 0.15) is 43.9 Å². The summed E-state index contributed by atoms with van der Waals surface area (Å²) in [6.45, 7) is 5.39. The zero-order chi connectivity index (χ0) is 22.3. The van der Waals surface area contributed by atoms with Gasteiger partial charge in [0.2, 0.25) is 0 Å². The smallest absolute Gasteiger partial charge is 0.408 e. The predicted octanol–water partition coefficient (Wildman–Crippen LogP) is 5.50. The Bertz CT molecular complexity index is 883. The zero-order valence-electron chi connectivity index (χ0n) is 18.2. The fraction of sp³-hybridized carbons (Fsp3) is 0.259. The first-order valence-electron chi connectivity index (χ1n) is 10.5. The van der Waals surface area contributed by atoms with Crippen LogP contribution in [0, 0.1) is 0 Å². The van der Waals surface area contributed by atoms with E-state index in [9.17, 15) is 9.59 Å². The minimum Gasteiger partial charge on any atom is -0.444 e. The van der Waals surface area contributed by atoms with Gasteiger partial charge in [-0.15, -0.1) is 0 Å². The normalized spacial score (nSPS) is 12.6. The number of aldehydes is 1. The SMILES string of the molecule is CC(C)(C)OC(=O)N[C@@H](C=O)CC(c1ccccc1)(c1ccccc1)c1ccccc1. The lowest BCUT2D eigenvalue weighted by Crippen LogP contribution is -2.45. The Morgan fingerprint density at radius 2 is 1.19 bits per heavy atom. The second-order valence-electron chi connectivity index (χ2n) is 8.60. The number of nitrogens with one attached hydrogen (secondary N) is 1. The van der Waals surface area contributed by atoms with Gasteiger partial charge in [0.15, 0.2) is 0 Å². The van der Waals surface area contributed by atoms with Crippen molar-refractivity contribution < 1.29 is 14.3 Å². The molecule has 31 heavy (non-hydrogen) atoms. The zero-order valence-corrected chi connectivity index (χ0v) is 18.2. The number of ether oxygens (including phenoxy) is 1. The van der Waals surface area contributed by atoms with Crippen molar-refractivity contribution in [1.82, 2.24) is 5.32 Å². The molecule has 0 bridgehead atoms. The first kappa shape index (κ1) is 22.3. The summed E-state index contributed by atoms with van der Waals surface area (Å²) in [5.74, 6) is 0. The summed E-state index contributed by atoms with van der Waals surface area (Å²) in [6, 6.07) is 29.5. The summed E-state index contributed by atoms with van der Waals surface area (Å²) >= 11 is 0. The van der Waals surface area contributed by atoms with Gasteiger partial charge in [-0.25, -0.2) is 4.79 Å². The molecule has 0 radical (unpaired) electrons. The van der Waals surface area contributed by atoms with E-state index >= 15 is 0 Å². The van der Waals surface area contributed by atoms with Crippen LogP contribution in [0.2, 0.25) is 0 Å². The van der Waals surface area contributed by atoms with Gasteiger partial charge in [0.25, 0.3) is 0 Å². The molecule has 1 amide bonds. The van der Waals surface area contributed by atoms with Crippen molar-refractivity contribution in [3.8, 4) is 0 Å². The van der Waals surface area contributed by atoms with Crippen LogP contribution in [0.25, 0.3) is 0 Å². The van der Waals surface area contributed by atoms with Crippen molar-refractivity contribution >= 4 is 12.4 Å². The maximum atomic E-state index is 12.4. The van der Waals surface area contributed by atoms with Crippen molar-refractivity contribution in [3.63, 3.8) is 0 Å². The van der Waals surface area contributed by atoms with Crippen LogP contribution in [0.15, 0.2) is 91.0 Å². The van der Waals surface area contributed by atoms with Crippen LogP contribution in [-0.4, -0.2) is 24.0 Å². The number of carbonyl (C=O) groups excluding carboxylic acids is 2. The molecule has 0 aliphatic carbocycles. The highest BCUT2D eigenvalue weighted by Gasteiger charge is 2.39. The molecule has 1 atom stereocenters. The van der Waals surface area contributed by atoms with Crippen molar-refractivity contribution in [1.29, 1.82) is 0 Å². The Morgan fingerprint density at radius 3 is 1.52 bits per heavy atom. The van der Waals surface area contributed by atoms with Crippen molar-refractivity contribution in [2.75, 3.05) is 0 Å². The van der Waals surface area contributed by atoms with E-state index in [4.69, 9.17) is 4.74 Å². The van der Waals surface area contributed by atoms with Gasteiger partial charge in [0, 0.05) is 5.41 Å². The van der Waals surface area contributed by atoms with E-state index in [2.05, 4.69) is 41.7 Å². The molecular weight excluding hydrogens is 386 g/mol. The number of alkyl carbamates (subject to hydrolysis) is 1. The van der Waals surface area contributed by atoms with Crippen molar-refractivity contribution in [3.05, 3.63) is 108 Å². The third-order valence-electron chi connectivity index (χ3n) is 5.19. The molecule has 0 aromatic heterocycles. The van der Waals surface area contributed by atoms with Gasteiger partial charge in [-0.3, -0.25) is 0 Å². The molecule has 3 aromatic rings. The van der Waals surface area contributed by atoms with Gasteiger partial charge in [0.1, 0.15) is 11.9 Å². The molecular formula is C27H29NO3. The molecule has 0 aliphatic heterocycles. The Balaban J connectivity index is 2.11. The van der Waals surface area contributed by atoms with Gasteiger partial charge in [-0.05, 0) is 43.9 Å². The molecule has 4 heteroatoms. The molecule has 0 fully saturated rings. The predicted molar refractivity (Wildman–Crippen MR) is 123 cm³/mol. The topological polar surface area (TPSA) is 55.4 Å². The average Bonchev–Trinajstić information content (AvgIpc) is 2.77. The third-order valence-corrected chi connectivity index (χ3v) is 5.19. The summed E-state index contributed by atoms with van der Waals surface area (Å²) in [6.07, 6.45) is 0.536. The molecule has 0 spiro atoms. The summed E-state index contributed by atoms with van der Waals surface area (Å²) in [5, 5.41) is 2.76. The lowest BCUT2D eigenvalue weighted by Gasteiger charge is -2.38. The van der Waals surface area contributed by atoms with E-state index in [1.165, 1.54) is 0 Å².